The maximum atomic E-state index is 13.2. The number of rotatable bonds is 6. The molecule has 4 rings (SSSR count). The highest BCUT2D eigenvalue weighted by molar-refractivity contribution is 5.94. The van der Waals surface area contributed by atoms with Gasteiger partial charge in [0.05, 0.1) is 19.8 Å². The van der Waals surface area contributed by atoms with E-state index in [-0.39, 0.29) is 24.1 Å². The number of amides is 1. The van der Waals surface area contributed by atoms with Crippen molar-refractivity contribution in [2.24, 2.45) is 0 Å². The van der Waals surface area contributed by atoms with E-state index >= 15 is 0 Å². The van der Waals surface area contributed by atoms with Gasteiger partial charge >= 0.3 is 0 Å². The molecule has 0 saturated carbocycles. The lowest BCUT2D eigenvalue weighted by Gasteiger charge is -2.25. The van der Waals surface area contributed by atoms with Gasteiger partial charge in [0.25, 0.3) is 11.5 Å². The van der Waals surface area contributed by atoms with Crippen molar-refractivity contribution in [3.63, 3.8) is 0 Å². The van der Waals surface area contributed by atoms with E-state index < -0.39 is 0 Å². The zero-order valence-corrected chi connectivity index (χ0v) is 16.4. The minimum atomic E-state index is -0.177. The number of para-hydroxylation sites is 1. The molecule has 1 saturated heterocycles. The quantitative estimate of drug-likeness (QED) is 0.698. The third-order valence-electron chi connectivity index (χ3n) is 5.26. The summed E-state index contributed by atoms with van der Waals surface area (Å²) in [5, 5.41) is 0.941. The largest absolute Gasteiger partial charge is 0.497 e. The number of aromatic nitrogens is 1. The number of pyridine rings is 1. The first kappa shape index (κ1) is 19.2. The van der Waals surface area contributed by atoms with Crippen LogP contribution in [-0.4, -0.2) is 42.2 Å². The zero-order valence-electron chi connectivity index (χ0n) is 16.4. The Bertz CT molecular complexity index is 1050. The van der Waals surface area contributed by atoms with Gasteiger partial charge in [0.2, 0.25) is 0 Å². The summed E-state index contributed by atoms with van der Waals surface area (Å²) in [6.45, 7) is 1.40. The number of carbonyl (C=O) groups excluding carboxylic acids is 1. The van der Waals surface area contributed by atoms with Crippen LogP contribution < -0.4 is 10.3 Å². The fourth-order valence-corrected chi connectivity index (χ4v) is 3.69. The molecular formula is C23H24N2O4. The summed E-state index contributed by atoms with van der Waals surface area (Å²) >= 11 is 0. The van der Waals surface area contributed by atoms with Gasteiger partial charge < -0.3 is 19.4 Å². The fourth-order valence-electron chi connectivity index (χ4n) is 3.69. The predicted molar refractivity (Wildman–Crippen MR) is 111 cm³/mol. The number of carbonyl (C=O) groups is 1. The third kappa shape index (κ3) is 4.32. The second kappa shape index (κ2) is 8.49. The second-order valence-corrected chi connectivity index (χ2v) is 7.26. The Morgan fingerprint density at radius 1 is 1.21 bits per heavy atom. The Balaban J connectivity index is 1.63. The minimum absolute atomic E-state index is 0.00302. The molecule has 3 aromatic rings. The molecule has 0 unspecified atom stereocenters. The van der Waals surface area contributed by atoms with Crippen molar-refractivity contribution < 1.29 is 14.3 Å². The number of fused-ring (bicyclic) bond motifs is 1. The molecule has 0 aliphatic carbocycles. The summed E-state index contributed by atoms with van der Waals surface area (Å²) in [5.74, 6) is 0.564. The molecule has 1 aromatic heterocycles. The molecule has 2 aromatic carbocycles. The number of methoxy groups -OCH3 is 1. The van der Waals surface area contributed by atoms with Crippen LogP contribution in [0.15, 0.2) is 59.4 Å². The molecule has 1 aliphatic rings. The lowest BCUT2D eigenvalue weighted by atomic mass is 10.1. The average Bonchev–Trinajstić information content (AvgIpc) is 3.26. The lowest BCUT2D eigenvalue weighted by Crippen LogP contribution is -2.38. The van der Waals surface area contributed by atoms with Gasteiger partial charge in [-0.05, 0) is 54.6 Å². The van der Waals surface area contributed by atoms with Crippen LogP contribution in [0, 0.1) is 0 Å². The van der Waals surface area contributed by atoms with Gasteiger partial charge in [-0.15, -0.1) is 0 Å². The van der Waals surface area contributed by atoms with E-state index in [1.807, 2.05) is 30.3 Å². The summed E-state index contributed by atoms with van der Waals surface area (Å²) in [6, 6.07) is 16.5. The van der Waals surface area contributed by atoms with E-state index in [1.54, 1.807) is 36.3 Å². The summed E-state index contributed by atoms with van der Waals surface area (Å²) in [7, 11) is 1.59. The number of benzene rings is 2. The Morgan fingerprint density at radius 3 is 2.72 bits per heavy atom. The first-order valence-corrected chi connectivity index (χ1v) is 9.80. The van der Waals surface area contributed by atoms with Crippen LogP contribution in [-0.2, 0) is 11.3 Å². The van der Waals surface area contributed by atoms with Crippen molar-refractivity contribution in [3.05, 3.63) is 76.1 Å². The van der Waals surface area contributed by atoms with Gasteiger partial charge in [-0.1, -0.05) is 18.2 Å². The molecule has 0 bridgehead atoms. The standard InChI is InChI=1S/C23H24N2O4/c1-28-19-10-8-16(9-11-19)23(27)25(15-20-6-4-12-29-20)14-18-13-17-5-2-3-7-21(17)24-22(18)26/h2-3,5,7-11,13,20H,4,6,12,14-15H2,1H3,(H,24,26)/t20-/m0/s1. The molecule has 6 nitrogen and oxygen atoms in total. The van der Waals surface area contributed by atoms with Crippen molar-refractivity contribution in [2.75, 3.05) is 20.3 Å². The van der Waals surface area contributed by atoms with E-state index in [4.69, 9.17) is 9.47 Å². The van der Waals surface area contributed by atoms with Crippen LogP contribution in [0.5, 0.6) is 5.75 Å². The number of nitrogens with one attached hydrogen (secondary N) is 1. The molecule has 150 valence electrons. The maximum Gasteiger partial charge on any atom is 0.254 e. The number of nitrogens with zero attached hydrogens (tertiary/aromatic N) is 1. The van der Waals surface area contributed by atoms with Crippen LogP contribution in [0.4, 0.5) is 0 Å². The molecule has 1 atom stereocenters. The second-order valence-electron chi connectivity index (χ2n) is 7.26. The van der Waals surface area contributed by atoms with Crippen LogP contribution in [0.2, 0.25) is 0 Å². The highest BCUT2D eigenvalue weighted by Crippen LogP contribution is 2.19. The minimum Gasteiger partial charge on any atom is -0.497 e. The van der Waals surface area contributed by atoms with E-state index in [2.05, 4.69) is 4.98 Å². The lowest BCUT2D eigenvalue weighted by molar-refractivity contribution is 0.0506. The van der Waals surface area contributed by atoms with Gasteiger partial charge in [0.1, 0.15) is 5.75 Å². The highest BCUT2D eigenvalue weighted by atomic mass is 16.5. The monoisotopic (exact) mass is 392 g/mol. The van der Waals surface area contributed by atoms with Crippen molar-refractivity contribution in [3.8, 4) is 5.75 Å². The highest BCUT2D eigenvalue weighted by Gasteiger charge is 2.24. The van der Waals surface area contributed by atoms with Crippen molar-refractivity contribution in [2.45, 2.75) is 25.5 Å². The van der Waals surface area contributed by atoms with Gasteiger partial charge in [-0.3, -0.25) is 9.59 Å². The fraction of sp³-hybridized carbons (Fsp3) is 0.304. The number of ether oxygens (including phenoxy) is 2. The van der Waals surface area contributed by atoms with Gasteiger partial charge in [-0.2, -0.15) is 0 Å². The van der Waals surface area contributed by atoms with E-state index in [9.17, 15) is 9.59 Å². The Hall–Kier alpha value is -3.12. The molecule has 2 heterocycles. The van der Waals surface area contributed by atoms with Crippen molar-refractivity contribution in [1.29, 1.82) is 0 Å². The molecule has 0 radical (unpaired) electrons. The third-order valence-corrected chi connectivity index (χ3v) is 5.26. The van der Waals surface area contributed by atoms with Crippen LogP contribution >= 0.6 is 0 Å². The Kier molecular flexibility index (Phi) is 5.62. The van der Waals surface area contributed by atoms with Crippen LogP contribution in [0.3, 0.4) is 0 Å². The normalized spacial score (nSPS) is 16.1. The summed E-state index contributed by atoms with van der Waals surface area (Å²) in [4.78, 5) is 30.5. The molecule has 1 amide bonds. The van der Waals surface area contributed by atoms with Crippen LogP contribution in [0.25, 0.3) is 10.9 Å². The molecular weight excluding hydrogens is 368 g/mol. The first-order valence-electron chi connectivity index (χ1n) is 9.80. The Labute approximate surface area is 169 Å². The average molecular weight is 392 g/mol. The Morgan fingerprint density at radius 2 is 2.00 bits per heavy atom. The van der Waals surface area contributed by atoms with E-state index in [0.717, 1.165) is 23.7 Å². The molecule has 1 N–H and O–H groups in total. The van der Waals surface area contributed by atoms with Gasteiger partial charge in [-0.25, -0.2) is 0 Å². The number of aromatic amines is 1. The summed E-state index contributed by atoms with van der Waals surface area (Å²) < 4.78 is 10.9. The SMILES string of the molecule is COc1ccc(C(=O)N(Cc2cc3ccccc3[nH]c2=O)C[C@@H]2CCCO2)cc1. The summed E-state index contributed by atoms with van der Waals surface area (Å²) in [5.41, 5.74) is 1.72. The smallest absolute Gasteiger partial charge is 0.254 e. The number of H-pyrrole nitrogens is 1. The number of hydrogen-bond donors (Lipinski definition) is 1. The molecule has 6 heteroatoms. The van der Waals surface area contributed by atoms with Gasteiger partial charge in [0, 0.05) is 29.8 Å². The first-order chi connectivity index (χ1) is 14.1. The van der Waals surface area contributed by atoms with Crippen molar-refractivity contribution in [1.82, 2.24) is 9.88 Å². The summed E-state index contributed by atoms with van der Waals surface area (Å²) in [6.07, 6.45) is 1.91. The number of hydrogen-bond acceptors (Lipinski definition) is 4. The van der Waals surface area contributed by atoms with Crippen molar-refractivity contribution >= 4 is 16.8 Å². The van der Waals surface area contributed by atoms with E-state index in [1.165, 1.54) is 0 Å². The van der Waals surface area contributed by atoms with Crippen LogP contribution in [0.1, 0.15) is 28.8 Å². The molecule has 0 spiro atoms. The van der Waals surface area contributed by atoms with Gasteiger partial charge in [0.15, 0.2) is 0 Å². The van der Waals surface area contributed by atoms with E-state index in [0.29, 0.717) is 30.0 Å². The molecule has 29 heavy (non-hydrogen) atoms. The molecule has 1 aliphatic heterocycles. The molecule has 1 fully saturated rings. The zero-order chi connectivity index (χ0) is 20.2. The topological polar surface area (TPSA) is 71.6 Å². The predicted octanol–water partition coefficient (Wildman–Crippen LogP) is 3.36. The maximum absolute atomic E-state index is 13.2.